The lowest BCUT2D eigenvalue weighted by Crippen LogP contribution is -2.53. The minimum Gasteiger partial charge on any atom is -0.467 e. The third kappa shape index (κ3) is 6.70. The average Bonchev–Trinajstić information content (AvgIpc) is 2.64. The number of fused-ring (bicyclic) bond motifs is 1. The van der Waals surface area contributed by atoms with Gasteiger partial charge in [-0.25, -0.2) is 14.4 Å². The van der Waals surface area contributed by atoms with Crippen LogP contribution >= 0.6 is 0 Å². The van der Waals surface area contributed by atoms with Crippen LogP contribution in [0.4, 0.5) is 9.59 Å². The highest BCUT2D eigenvalue weighted by Gasteiger charge is 2.41. The molecule has 2 aromatic rings. The Bertz CT molecular complexity index is 921. The van der Waals surface area contributed by atoms with Crippen molar-refractivity contribution in [1.29, 1.82) is 0 Å². The van der Waals surface area contributed by atoms with Crippen LogP contribution in [0.1, 0.15) is 47.1 Å². The molecule has 0 saturated carbocycles. The second-order valence-electron chi connectivity index (χ2n) is 9.21. The van der Waals surface area contributed by atoms with E-state index < -0.39 is 35.4 Å². The Labute approximate surface area is 183 Å². The minimum atomic E-state index is -1.26. The van der Waals surface area contributed by atoms with Crippen molar-refractivity contribution in [3.8, 4) is 0 Å². The van der Waals surface area contributed by atoms with Gasteiger partial charge in [0.25, 0.3) is 0 Å². The van der Waals surface area contributed by atoms with Gasteiger partial charge in [0.15, 0.2) is 0 Å². The molecular formula is C24H31NO6. The Hall–Kier alpha value is -3.09. The summed E-state index contributed by atoms with van der Waals surface area (Å²) in [5.41, 5.74) is -0.972. The van der Waals surface area contributed by atoms with Crippen LogP contribution in [0.5, 0.6) is 0 Å². The van der Waals surface area contributed by atoms with Gasteiger partial charge >= 0.3 is 18.2 Å². The zero-order chi connectivity index (χ0) is 23.4. The Morgan fingerprint density at radius 2 is 1.35 bits per heavy atom. The number of carbonyl (C=O) groups is 3. The molecule has 0 saturated heterocycles. The maximum Gasteiger partial charge on any atom is 0.420 e. The molecule has 0 radical (unpaired) electrons. The molecule has 0 heterocycles. The van der Waals surface area contributed by atoms with E-state index in [9.17, 15) is 14.4 Å². The van der Waals surface area contributed by atoms with Crippen LogP contribution in [-0.4, -0.2) is 47.4 Å². The van der Waals surface area contributed by atoms with E-state index in [1.165, 1.54) is 7.11 Å². The van der Waals surface area contributed by atoms with Crippen molar-refractivity contribution in [3.05, 3.63) is 48.0 Å². The van der Waals surface area contributed by atoms with E-state index in [-0.39, 0.29) is 6.42 Å². The van der Waals surface area contributed by atoms with Crippen LogP contribution < -0.4 is 0 Å². The molecule has 168 valence electrons. The number of hydrogen-bond acceptors (Lipinski definition) is 6. The molecule has 1 atom stereocenters. The number of hydrogen-bond donors (Lipinski definition) is 0. The number of amides is 2. The van der Waals surface area contributed by atoms with Crippen molar-refractivity contribution in [1.82, 2.24) is 4.90 Å². The summed E-state index contributed by atoms with van der Waals surface area (Å²) in [6.45, 7) is 10.1. The molecule has 0 fully saturated rings. The molecule has 2 rings (SSSR count). The molecule has 7 heteroatoms. The molecule has 31 heavy (non-hydrogen) atoms. The molecule has 2 aromatic carbocycles. The van der Waals surface area contributed by atoms with Crippen molar-refractivity contribution in [2.24, 2.45) is 0 Å². The molecule has 1 unspecified atom stereocenters. The van der Waals surface area contributed by atoms with Crippen LogP contribution in [0.2, 0.25) is 0 Å². The number of carbonyl (C=O) groups excluding carboxylic acids is 3. The van der Waals surface area contributed by atoms with E-state index in [4.69, 9.17) is 14.2 Å². The first kappa shape index (κ1) is 24.2. The molecular weight excluding hydrogens is 398 g/mol. The Morgan fingerprint density at radius 1 is 0.839 bits per heavy atom. The monoisotopic (exact) mass is 429 g/mol. The lowest BCUT2D eigenvalue weighted by Gasteiger charge is -2.32. The van der Waals surface area contributed by atoms with E-state index in [0.717, 1.165) is 16.3 Å². The van der Waals surface area contributed by atoms with E-state index in [0.29, 0.717) is 4.90 Å². The molecule has 0 aliphatic heterocycles. The van der Waals surface area contributed by atoms with Crippen molar-refractivity contribution in [2.45, 2.75) is 65.2 Å². The first-order valence-electron chi connectivity index (χ1n) is 10.1. The summed E-state index contributed by atoms with van der Waals surface area (Å²) in [5.74, 6) is -0.746. The van der Waals surface area contributed by atoms with Gasteiger partial charge in [-0.15, -0.1) is 0 Å². The van der Waals surface area contributed by atoms with Crippen molar-refractivity contribution in [3.63, 3.8) is 0 Å². The zero-order valence-electron chi connectivity index (χ0n) is 19.2. The molecule has 2 amide bonds. The highest BCUT2D eigenvalue weighted by molar-refractivity contribution is 5.95. The van der Waals surface area contributed by atoms with Gasteiger partial charge in [-0.3, -0.25) is 0 Å². The largest absolute Gasteiger partial charge is 0.467 e. The fraction of sp³-hybridized carbons (Fsp3) is 0.458. The quantitative estimate of drug-likeness (QED) is 0.497. The van der Waals surface area contributed by atoms with Crippen LogP contribution in [-0.2, 0) is 25.4 Å². The Balaban J connectivity index is 2.52. The normalized spacial score (nSPS) is 12.7. The van der Waals surface area contributed by atoms with Crippen molar-refractivity contribution in [2.75, 3.05) is 7.11 Å². The summed E-state index contributed by atoms with van der Waals surface area (Å²) in [6.07, 6.45) is -1.90. The molecule has 0 aliphatic carbocycles. The molecule has 0 bridgehead atoms. The maximum atomic E-state index is 13.0. The third-order valence-corrected chi connectivity index (χ3v) is 4.26. The lowest BCUT2D eigenvalue weighted by molar-refractivity contribution is -0.146. The van der Waals surface area contributed by atoms with Gasteiger partial charge in [0, 0.05) is 6.42 Å². The van der Waals surface area contributed by atoms with Crippen molar-refractivity contribution < 1.29 is 28.6 Å². The van der Waals surface area contributed by atoms with Gasteiger partial charge < -0.3 is 14.2 Å². The third-order valence-electron chi connectivity index (χ3n) is 4.26. The topological polar surface area (TPSA) is 82.1 Å². The van der Waals surface area contributed by atoms with E-state index in [1.54, 1.807) is 41.5 Å². The number of imide groups is 1. The lowest BCUT2D eigenvalue weighted by atomic mass is 9.98. The summed E-state index contributed by atoms with van der Waals surface area (Å²) in [5, 5.41) is 1.89. The van der Waals surface area contributed by atoms with E-state index in [2.05, 4.69) is 0 Å². The highest BCUT2D eigenvalue weighted by Crippen LogP contribution is 2.24. The summed E-state index contributed by atoms with van der Waals surface area (Å²) >= 11 is 0. The van der Waals surface area contributed by atoms with Gasteiger partial charge in [-0.1, -0.05) is 42.5 Å². The van der Waals surface area contributed by atoms with E-state index >= 15 is 0 Å². The van der Waals surface area contributed by atoms with Gasteiger partial charge in [0.1, 0.15) is 17.2 Å². The standard InChI is InChI=1S/C24H31NO6/c1-23(2,3)30-21(27)25(22(28)31-24(4,5)6)19(20(26)29-7)15-17-13-10-12-16-11-8-9-14-18(16)17/h8-14,19H,15H2,1-7H3. The van der Waals surface area contributed by atoms with Crippen LogP contribution in [0.15, 0.2) is 42.5 Å². The maximum absolute atomic E-state index is 13.0. The molecule has 0 aromatic heterocycles. The van der Waals surface area contributed by atoms with E-state index in [1.807, 2.05) is 42.5 Å². The first-order valence-corrected chi connectivity index (χ1v) is 10.1. The van der Waals surface area contributed by atoms with Crippen LogP contribution in [0.3, 0.4) is 0 Å². The summed E-state index contributed by atoms with van der Waals surface area (Å²) < 4.78 is 15.8. The van der Waals surface area contributed by atoms with Gasteiger partial charge in [0.05, 0.1) is 7.11 Å². The number of methoxy groups -OCH3 is 1. The number of benzene rings is 2. The zero-order valence-corrected chi connectivity index (χ0v) is 19.2. The fourth-order valence-corrected chi connectivity index (χ4v) is 3.05. The van der Waals surface area contributed by atoms with Gasteiger partial charge in [0.2, 0.25) is 0 Å². The predicted octanol–water partition coefficient (Wildman–Crippen LogP) is 5.10. The highest BCUT2D eigenvalue weighted by atomic mass is 16.6. The number of rotatable bonds is 4. The second-order valence-corrected chi connectivity index (χ2v) is 9.21. The smallest absolute Gasteiger partial charge is 0.420 e. The van der Waals surface area contributed by atoms with Crippen LogP contribution in [0, 0.1) is 0 Å². The number of esters is 1. The second kappa shape index (κ2) is 9.37. The van der Waals surface area contributed by atoms with Gasteiger partial charge in [-0.05, 0) is 57.9 Å². The van der Waals surface area contributed by atoms with Crippen molar-refractivity contribution >= 4 is 28.9 Å². The minimum absolute atomic E-state index is 0.0481. The summed E-state index contributed by atoms with van der Waals surface area (Å²) in [6, 6.07) is 12.1. The number of ether oxygens (including phenoxy) is 3. The Morgan fingerprint density at radius 3 is 1.87 bits per heavy atom. The summed E-state index contributed by atoms with van der Waals surface area (Å²) in [7, 11) is 1.21. The van der Waals surface area contributed by atoms with Gasteiger partial charge in [-0.2, -0.15) is 4.90 Å². The predicted molar refractivity (Wildman–Crippen MR) is 118 cm³/mol. The molecule has 7 nitrogen and oxygen atoms in total. The Kier molecular flexibility index (Phi) is 7.31. The molecule has 0 aliphatic rings. The fourth-order valence-electron chi connectivity index (χ4n) is 3.05. The molecule has 0 spiro atoms. The molecule has 0 N–H and O–H groups in total. The first-order chi connectivity index (χ1) is 14.3. The average molecular weight is 430 g/mol. The summed E-state index contributed by atoms with van der Waals surface area (Å²) in [4.78, 5) is 39.5. The van der Waals surface area contributed by atoms with Crippen LogP contribution in [0.25, 0.3) is 10.8 Å². The SMILES string of the molecule is COC(=O)C(Cc1cccc2ccccc12)N(C(=O)OC(C)(C)C)C(=O)OC(C)(C)C. The number of nitrogens with zero attached hydrogens (tertiary/aromatic N) is 1.